The monoisotopic (exact) mass is 848 g/mol. The maximum atomic E-state index is 14.6. The summed E-state index contributed by atoms with van der Waals surface area (Å²) >= 11 is 1.60. The second-order valence-corrected chi connectivity index (χ2v) is 18.8. The third-order valence-corrected chi connectivity index (χ3v) is 14.0. The maximum Gasteiger partial charge on any atom is 0.410 e. The normalized spacial score (nSPS) is 36.3. The minimum absolute atomic E-state index is 0.00108. The topological polar surface area (TPSA) is 148 Å². The molecule has 4 aliphatic rings. The van der Waals surface area contributed by atoms with E-state index in [4.69, 9.17) is 28.7 Å². The van der Waals surface area contributed by atoms with E-state index in [0.29, 0.717) is 38.9 Å². The van der Waals surface area contributed by atoms with Crippen molar-refractivity contribution in [1.29, 1.82) is 0 Å². The predicted octanol–water partition coefficient (Wildman–Crippen LogP) is 6.17. The fourth-order valence-electron chi connectivity index (χ4n) is 9.86. The van der Waals surface area contributed by atoms with Gasteiger partial charge < -0.3 is 39.0 Å². The first kappa shape index (κ1) is 45.7. The molecule has 6 rings (SSSR count). The number of aliphatic imine (C=N–C) groups is 1. The molecule has 13 nitrogen and oxygen atoms in total. The Morgan fingerprint density at radius 1 is 1.05 bits per heavy atom. The lowest BCUT2D eigenvalue weighted by Crippen LogP contribution is -2.60. The molecule has 14 heteroatoms. The van der Waals surface area contributed by atoms with Crippen molar-refractivity contribution in [2.24, 2.45) is 28.7 Å². The third-order valence-electron chi connectivity index (χ3n) is 13.0. The van der Waals surface area contributed by atoms with E-state index in [2.05, 4.69) is 30.1 Å². The number of anilines is 1. The van der Waals surface area contributed by atoms with Crippen LogP contribution in [0.2, 0.25) is 0 Å². The van der Waals surface area contributed by atoms with Crippen LogP contribution >= 0.6 is 11.3 Å². The van der Waals surface area contributed by atoms with Gasteiger partial charge >= 0.3 is 12.1 Å². The number of Topliss-reactive ketones (excluding diaryl/α,β-unsaturated/α-hetero) is 1. The number of carbonyl (C=O) groups excluding carboxylic acids is 3. The number of carbonyl (C=O) groups is 3. The molecule has 3 fully saturated rings. The lowest BCUT2D eigenvalue weighted by molar-refractivity contribution is -0.296. The smallest absolute Gasteiger partial charge is 0.410 e. The molecule has 0 radical (unpaired) electrons. The predicted molar refractivity (Wildman–Crippen MR) is 231 cm³/mol. The van der Waals surface area contributed by atoms with E-state index in [0.717, 1.165) is 21.2 Å². The lowest BCUT2D eigenvalue weighted by Gasteiger charge is -2.47. The van der Waals surface area contributed by atoms with Crippen LogP contribution in [0.4, 0.5) is 10.5 Å². The molecular formula is C46H64N4O9S. The number of thiophene rings is 1. The van der Waals surface area contributed by atoms with Gasteiger partial charge in [0.1, 0.15) is 24.7 Å². The van der Waals surface area contributed by atoms with Crippen LogP contribution in [0.5, 0.6) is 0 Å². The van der Waals surface area contributed by atoms with Crippen molar-refractivity contribution in [2.45, 2.75) is 135 Å². The van der Waals surface area contributed by atoms with Crippen molar-refractivity contribution in [3.05, 3.63) is 52.2 Å². The minimum Gasteiger partial charge on any atom is -0.458 e. The molecule has 3 saturated heterocycles. The second-order valence-electron chi connectivity index (χ2n) is 17.7. The Balaban J connectivity index is 1.37. The van der Waals surface area contributed by atoms with E-state index >= 15 is 0 Å². The summed E-state index contributed by atoms with van der Waals surface area (Å²) in [6.45, 7) is 16.3. The molecule has 0 spiro atoms. The van der Waals surface area contributed by atoms with Crippen molar-refractivity contribution in [2.75, 3.05) is 39.1 Å². The number of hydrogen-bond donors (Lipinski definition) is 2. The number of esters is 1. The van der Waals surface area contributed by atoms with Gasteiger partial charge in [-0.15, -0.1) is 11.3 Å². The summed E-state index contributed by atoms with van der Waals surface area (Å²) in [4.78, 5) is 52.9. The molecule has 5 heterocycles. The second kappa shape index (κ2) is 19.1. The minimum atomic E-state index is -1.24. The zero-order valence-electron chi connectivity index (χ0n) is 36.8. The Bertz CT molecular complexity index is 1930. The molecule has 0 unspecified atom stereocenters. The number of fused-ring (bicyclic) bond motifs is 1. The van der Waals surface area contributed by atoms with E-state index < -0.39 is 71.5 Å². The fourth-order valence-corrected chi connectivity index (χ4v) is 10.7. The summed E-state index contributed by atoms with van der Waals surface area (Å²) < 4.78 is 32.3. The number of amides is 1. The highest BCUT2D eigenvalue weighted by atomic mass is 32.1. The van der Waals surface area contributed by atoms with Gasteiger partial charge in [0.2, 0.25) is 0 Å². The summed E-state index contributed by atoms with van der Waals surface area (Å²) in [6.07, 6.45) is -3.42. The molecule has 1 aromatic carbocycles. The molecule has 1 amide bonds. The SMILES string of the molecule is CC[C@H]1OC(=O)[C@H](C)C(=O)[C@H](C)[C@@H](O[C@@H]2O[C@H](C)C[C@H](N(C)C)[C@H]2O)[C@@](C)(OCC#Cc2ccc(CNc3ccccc3)s2)C[C@@H](C)C2=NCCN3C(=O)O[C@@]1(C)[C@H]3[C@H]2C. The molecule has 1 aromatic heterocycles. The first-order valence-corrected chi connectivity index (χ1v) is 22.2. The number of aliphatic hydroxyl groups is 1. The average Bonchev–Trinajstić information content (AvgIpc) is 3.72. The Labute approximate surface area is 359 Å². The largest absolute Gasteiger partial charge is 0.458 e. The lowest BCUT2D eigenvalue weighted by atomic mass is 9.73. The van der Waals surface area contributed by atoms with Crippen LogP contribution in [0.1, 0.15) is 84.4 Å². The van der Waals surface area contributed by atoms with E-state index in [1.807, 2.05) is 90.0 Å². The molecular weight excluding hydrogens is 785 g/mol. The zero-order chi connectivity index (χ0) is 43.5. The molecule has 13 atom stereocenters. The quantitative estimate of drug-likeness (QED) is 0.170. The number of ether oxygens (including phenoxy) is 5. The van der Waals surface area contributed by atoms with E-state index in [-0.39, 0.29) is 30.6 Å². The molecule has 2 bridgehead atoms. The van der Waals surface area contributed by atoms with Gasteiger partial charge in [-0.2, -0.15) is 0 Å². The number of cyclic esters (lactones) is 1. The molecule has 0 saturated carbocycles. The van der Waals surface area contributed by atoms with Gasteiger partial charge in [0.15, 0.2) is 17.7 Å². The van der Waals surface area contributed by atoms with Gasteiger partial charge in [0.25, 0.3) is 0 Å². The number of hydrogen-bond acceptors (Lipinski definition) is 13. The van der Waals surface area contributed by atoms with Crippen molar-refractivity contribution >= 4 is 40.6 Å². The van der Waals surface area contributed by atoms with Gasteiger partial charge in [-0.3, -0.25) is 19.5 Å². The van der Waals surface area contributed by atoms with Crippen molar-refractivity contribution < 1.29 is 43.2 Å². The average molecular weight is 849 g/mol. The number of likely N-dealkylation sites (N-methyl/N-ethyl adjacent to an activating group) is 1. The van der Waals surface area contributed by atoms with Crippen LogP contribution < -0.4 is 5.32 Å². The molecule has 328 valence electrons. The summed E-state index contributed by atoms with van der Waals surface area (Å²) in [7, 11) is 3.81. The number of para-hydroxylation sites is 1. The van der Waals surface area contributed by atoms with Gasteiger partial charge in [0, 0.05) is 47.2 Å². The molecule has 2 aromatic rings. The number of aliphatic hydroxyl groups excluding tert-OH is 1. The Morgan fingerprint density at radius 2 is 1.78 bits per heavy atom. The fraction of sp³-hybridized carbons (Fsp3) is 0.652. The van der Waals surface area contributed by atoms with Gasteiger partial charge in [-0.25, -0.2) is 4.79 Å². The third kappa shape index (κ3) is 9.62. The van der Waals surface area contributed by atoms with Gasteiger partial charge in [0.05, 0.1) is 35.3 Å². The highest BCUT2D eigenvalue weighted by molar-refractivity contribution is 7.12. The van der Waals surface area contributed by atoms with Crippen molar-refractivity contribution in [3.8, 4) is 11.8 Å². The van der Waals surface area contributed by atoms with Gasteiger partial charge in [-0.1, -0.05) is 57.7 Å². The van der Waals surface area contributed by atoms with Crippen LogP contribution in [0, 0.1) is 35.5 Å². The molecule has 0 aliphatic carbocycles. The summed E-state index contributed by atoms with van der Waals surface area (Å²) in [5.74, 6) is 2.69. The number of rotatable bonds is 9. The summed E-state index contributed by atoms with van der Waals surface area (Å²) in [5, 5.41) is 15.1. The number of nitrogens with zero attached hydrogens (tertiary/aromatic N) is 3. The van der Waals surface area contributed by atoms with Crippen LogP contribution in [0.3, 0.4) is 0 Å². The summed E-state index contributed by atoms with van der Waals surface area (Å²) in [6, 6.07) is 13.3. The van der Waals surface area contributed by atoms with Gasteiger partial charge in [-0.05, 0) is 91.2 Å². The highest BCUT2D eigenvalue weighted by Gasteiger charge is 2.60. The zero-order valence-corrected chi connectivity index (χ0v) is 37.6. The van der Waals surface area contributed by atoms with Crippen LogP contribution in [0.25, 0.3) is 0 Å². The van der Waals surface area contributed by atoms with Crippen molar-refractivity contribution in [3.63, 3.8) is 0 Å². The summed E-state index contributed by atoms with van der Waals surface area (Å²) in [5.41, 5.74) is -0.529. The highest BCUT2D eigenvalue weighted by Crippen LogP contribution is 2.44. The first-order chi connectivity index (χ1) is 28.5. The molecule has 60 heavy (non-hydrogen) atoms. The van der Waals surface area contributed by atoms with E-state index in [9.17, 15) is 19.5 Å². The number of benzene rings is 1. The Hall–Kier alpha value is -3.84. The van der Waals surface area contributed by atoms with Crippen LogP contribution in [-0.4, -0.2) is 126 Å². The standard InChI is InChI=1S/C46H64N4O9S/c1-11-36-46(8)40-29(4)37(47-21-22-50(40)44(54)59-46)27(2)25-45(7,55-23-15-18-33-19-20-34(60-33)26-48-32-16-13-12-14-17-32)41(30(5)38(51)31(6)42(53)57-36)58-43-39(52)35(49(9)10)24-28(3)56-43/h12-14,16-17,19-20,27-31,35-36,39-41,43,48,52H,11,21-26H2,1-10H3/t27-,28-,29+,30+,31-,35+,36-,39-,40-,41-,43+,45+,46-/m1/s1. The van der Waals surface area contributed by atoms with Crippen LogP contribution in [-0.2, 0) is 39.8 Å². The van der Waals surface area contributed by atoms with E-state index in [1.165, 1.54) is 6.92 Å². The Kier molecular flexibility index (Phi) is 14.5. The van der Waals surface area contributed by atoms with Crippen molar-refractivity contribution in [1.82, 2.24) is 9.80 Å². The number of ketones is 1. The Morgan fingerprint density at radius 3 is 2.48 bits per heavy atom. The molecule has 4 aliphatic heterocycles. The number of nitrogens with one attached hydrogen (secondary N) is 1. The maximum absolute atomic E-state index is 14.6. The first-order valence-electron chi connectivity index (χ1n) is 21.4. The van der Waals surface area contributed by atoms with Crippen LogP contribution in [0.15, 0.2) is 47.5 Å². The molecule has 2 N–H and O–H groups in total. The van der Waals surface area contributed by atoms with E-state index in [1.54, 1.807) is 23.2 Å².